The number of benzene rings is 2. The van der Waals surface area contributed by atoms with Crippen LogP contribution in [0.15, 0.2) is 76.5 Å². The van der Waals surface area contributed by atoms with Crippen LogP contribution in [0.2, 0.25) is 0 Å². The molecule has 0 radical (unpaired) electrons. The Bertz CT molecular complexity index is 829. The van der Waals surface area contributed by atoms with E-state index in [0.29, 0.717) is 23.3 Å². The molecule has 2 aromatic carbocycles. The second kappa shape index (κ2) is 5.67. The SMILES string of the molecule is C=CCOc1ccc(-c2cc(=O)c3ccccc3o2)cc1. The molecule has 104 valence electrons. The van der Waals surface area contributed by atoms with Crippen LogP contribution in [0.5, 0.6) is 5.75 Å². The number of para-hydroxylation sites is 1. The van der Waals surface area contributed by atoms with E-state index in [1.807, 2.05) is 36.4 Å². The lowest BCUT2D eigenvalue weighted by Crippen LogP contribution is -1.99. The fourth-order valence-electron chi connectivity index (χ4n) is 2.12. The maximum atomic E-state index is 12.1. The molecule has 0 aliphatic heterocycles. The summed E-state index contributed by atoms with van der Waals surface area (Å²) in [5.41, 5.74) is 1.38. The Morgan fingerprint density at radius 2 is 1.86 bits per heavy atom. The fraction of sp³-hybridized carbons (Fsp3) is 0.0556. The van der Waals surface area contributed by atoms with Gasteiger partial charge in [-0.25, -0.2) is 0 Å². The van der Waals surface area contributed by atoms with Gasteiger partial charge in [0.15, 0.2) is 5.43 Å². The largest absolute Gasteiger partial charge is 0.490 e. The highest BCUT2D eigenvalue weighted by molar-refractivity contribution is 5.78. The smallest absolute Gasteiger partial charge is 0.193 e. The minimum absolute atomic E-state index is 0.0427. The van der Waals surface area contributed by atoms with Crippen molar-refractivity contribution < 1.29 is 9.15 Å². The third kappa shape index (κ3) is 2.72. The monoisotopic (exact) mass is 278 g/mol. The fourth-order valence-corrected chi connectivity index (χ4v) is 2.12. The van der Waals surface area contributed by atoms with Crippen LogP contribution in [0.4, 0.5) is 0 Å². The molecule has 0 fully saturated rings. The third-order valence-corrected chi connectivity index (χ3v) is 3.14. The molecule has 21 heavy (non-hydrogen) atoms. The maximum Gasteiger partial charge on any atom is 0.193 e. The highest BCUT2D eigenvalue weighted by Gasteiger charge is 2.06. The van der Waals surface area contributed by atoms with Crippen LogP contribution in [0.25, 0.3) is 22.3 Å². The number of rotatable bonds is 4. The summed E-state index contributed by atoms with van der Waals surface area (Å²) in [5.74, 6) is 1.30. The number of hydrogen-bond donors (Lipinski definition) is 0. The van der Waals surface area contributed by atoms with Gasteiger partial charge in [0.1, 0.15) is 23.7 Å². The van der Waals surface area contributed by atoms with Crippen molar-refractivity contribution in [1.29, 1.82) is 0 Å². The second-order valence-electron chi connectivity index (χ2n) is 4.60. The van der Waals surface area contributed by atoms with Crippen molar-refractivity contribution in [2.75, 3.05) is 6.61 Å². The lowest BCUT2D eigenvalue weighted by atomic mass is 10.1. The summed E-state index contributed by atoms with van der Waals surface area (Å²) in [6.07, 6.45) is 1.69. The van der Waals surface area contributed by atoms with Crippen molar-refractivity contribution in [3.63, 3.8) is 0 Å². The second-order valence-corrected chi connectivity index (χ2v) is 4.60. The van der Waals surface area contributed by atoms with E-state index in [2.05, 4.69) is 6.58 Å². The van der Waals surface area contributed by atoms with E-state index in [-0.39, 0.29) is 5.43 Å². The van der Waals surface area contributed by atoms with Crippen LogP contribution < -0.4 is 10.2 Å². The van der Waals surface area contributed by atoms with Crippen molar-refractivity contribution in [2.45, 2.75) is 0 Å². The standard InChI is InChI=1S/C18H14O3/c1-2-11-20-14-9-7-13(8-10-14)18-12-16(19)15-5-3-4-6-17(15)21-18/h2-10,12H,1,11H2. The summed E-state index contributed by atoms with van der Waals surface area (Å²) >= 11 is 0. The summed E-state index contributed by atoms with van der Waals surface area (Å²) in [6, 6.07) is 16.2. The van der Waals surface area contributed by atoms with E-state index in [1.54, 1.807) is 18.2 Å². The normalized spacial score (nSPS) is 10.5. The van der Waals surface area contributed by atoms with Gasteiger partial charge in [-0.05, 0) is 36.4 Å². The molecular formula is C18H14O3. The first-order chi connectivity index (χ1) is 10.3. The average molecular weight is 278 g/mol. The third-order valence-electron chi connectivity index (χ3n) is 3.14. The van der Waals surface area contributed by atoms with E-state index in [4.69, 9.17) is 9.15 Å². The molecule has 3 nitrogen and oxygen atoms in total. The molecule has 0 saturated carbocycles. The highest BCUT2D eigenvalue weighted by Crippen LogP contribution is 2.24. The number of ether oxygens (including phenoxy) is 1. The Labute approximate surface area is 122 Å². The zero-order valence-electron chi connectivity index (χ0n) is 11.4. The molecule has 0 atom stereocenters. The van der Waals surface area contributed by atoms with Crippen molar-refractivity contribution in [2.24, 2.45) is 0 Å². The van der Waals surface area contributed by atoms with Crippen LogP contribution in [0.3, 0.4) is 0 Å². The van der Waals surface area contributed by atoms with Gasteiger partial charge in [0.2, 0.25) is 0 Å². The molecule has 0 N–H and O–H groups in total. The number of hydrogen-bond acceptors (Lipinski definition) is 3. The van der Waals surface area contributed by atoms with Crippen molar-refractivity contribution in [3.05, 3.63) is 77.5 Å². The van der Waals surface area contributed by atoms with Gasteiger partial charge >= 0.3 is 0 Å². The van der Waals surface area contributed by atoms with Crippen LogP contribution in [-0.2, 0) is 0 Å². The number of fused-ring (bicyclic) bond motifs is 1. The average Bonchev–Trinajstić information content (AvgIpc) is 2.53. The van der Waals surface area contributed by atoms with E-state index >= 15 is 0 Å². The zero-order valence-corrected chi connectivity index (χ0v) is 11.4. The molecule has 3 aromatic rings. The Balaban J connectivity index is 2.00. The van der Waals surface area contributed by atoms with Crippen molar-refractivity contribution >= 4 is 11.0 Å². The molecule has 0 aliphatic rings. The van der Waals surface area contributed by atoms with Crippen LogP contribution in [0, 0.1) is 0 Å². The molecule has 3 rings (SSSR count). The van der Waals surface area contributed by atoms with Gasteiger partial charge in [0, 0.05) is 11.6 Å². The van der Waals surface area contributed by atoms with Crippen LogP contribution in [0.1, 0.15) is 0 Å². The van der Waals surface area contributed by atoms with Gasteiger partial charge < -0.3 is 9.15 Å². The minimum Gasteiger partial charge on any atom is -0.490 e. The maximum absolute atomic E-state index is 12.1. The molecule has 0 aliphatic carbocycles. The molecule has 0 bridgehead atoms. The van der Waals surface area contributed by atoms with Gasteiger partial charge in [0.25, 0.3) is 0 Å². The molecule has 1 heterocycles. The van der Waals surface area contributed by atoms with Crippen LogP contribution >= 0.6 is 0 Å². The first kappa shape index (κ1) is 13.2. The molecule has 0 spiro atoms. The first-order valence-electron chi connectivity index (χ1n) is 6.65. The van der Waals surface area contributed by atoms with Gasteiger partial charge in [0.05, 0.1) is 5.39 Å². The Morgan fingerprint density at radius 1 is 1.10 bits per heavy atom. The highest BCUT2D eigenvalue weighted by atomic mass is 16.5. The van der Waals surface area contributed by atoms with Crippen molar-refractivity contribution in [1.82, 2.24) is 0 Å². The van der Waals surface area contributed by atoms with Gasteiger partial charge in [-0.3, -0.25) is 4.79 Å². The van der Waals surface area contributed by atoms with Gasteiger partial charge in [-0.2, -0.15) is 0 Å². The van der Waals surface area contributed by atoms with Gasteiger partial charge in [-0.1, -0.05) is 24.8 Å². The van der Waals surface area contributed by atoms with E-state index < -0.39 is 0 Å². The summed E-state index contributed by atoms with van der Waals surface area (Å²) < 4.78 is 11.2. The van der Waals surface area contributed by atoms with Crippen molar-refractivity contribution in [3.8, 4) is 17.1 Å². The summed E-state index contributed by atoms with van der Waals surface area (Å²) in [6.45, 7) is 4.07. The predicted octanol–water partition coefficient (Wildman–Crippen LogP) is 4.02. The zero-order chi connectivity index (χ0) is 14.7. The lowest BCUT2D eigenvalue weighted by molar-refractivity contribution is 0.363. The Kier molecular flexibility index (Phi) is 3.56. The minimum atomic E-state index is -0.0427. The summed E-state index contributed by atoms with van der Waals surface area (Å²) in [5, 5.41) is 0.590. The summed E-state index contributed by atoms with van der Waals surface area (Å²) in [4.78, 5) is 12.1. The lowest BCUT2D eigenvalue weighted by Gasteiger charge is -2.05. The topological polar surface area (TPSA) is 39.4 Å². The van der Waals surface area contributed by atoms with Crippen LogP contribution in [-0.4, -0.2) is 6.61 Å². The Hall–Kier alpha value is -2.81. The first-order valence-corrected chi connectivity index (χ1v) is 6.65. The molecule has 3 heteroatoms. The van der Waals surface area contributed by atoms with E-state index in [9.17, 15) is 4.79 Å². The molecule has 1 aromatic heterocycles. The molecular weight excluding hydrogens is 264 g/mol. The van der Waals surface area contributed by atoms with E-state index in [0.717, 1.165) is 11.3 Å². The molecule has 0 amide bonds. The van der Waals surface area contributed by atoms with Gasteiger partial charge in [-0.15, -0.1) is 0 Å². The molecule has 0 unspecified atom stereocenters. The van der Waals surface area contributed by atoms with E-state index in [1.165, 1.54) is 6.07 Å². The predicted molar refractivity (Wildman–Crippen MR) is 83.6 cm³/mol. The quantitative estimate of drug-likeness (QED) is 0.676. The molecule has 0 saturated heterocycles. The summed E-state index contributed by atoms with van der Waals surface area (Å²) in [7, 11) is 0. The Morgan fingerprint density at radius 3 is 2.62 bits per heavy atom.